The monoisotopic (exact) mass is 304 g/mol. The van der Waals surface area contributed by atoms with E-state index in [4.69, 9.17) is 5.73 Å². The van der Waals surface area contributed by atoms with Gasteiger partial charge in [-0.3, -0.25) is 4.68 Å². The Morgan fingerprint density at radius 3 is 2.67 bits per heavy atom. The van der Waals surface area contributed by atoms with Gasteiger partial charge in [0.2, 0.25) is 0 Å². The minimum absolute atomic E-state index is 0.664. The number of rotatable bonds is 1. The maximum absolute atomic E-state index is 5.84. The van der Waals surface area contributed by atoms with Gasteiger partial charge in [-0.25, -0.2) is 0 Å². The minimum atomic E-state index is 0.664. The molecule has 0 bridgehead atoms. The van der Waals surface area contributed by atoms with Gasteiger partial charge >= 0.3 is 0 Å². The van der Waals surface area contributed by atoms with Crippen molar-refractivity contribution in [3.05, 3.63) is 34.9 Å². The van der Waals surface area contributed by atoms with Gasteiger partial charge in [0, 0.05) is 47.3 Å². The topological polar surface area (TPSA) is 48.8 Å². The molecule has 0 amide bonds. The fourth-order valence-corrected chi connectivity index (χ4v) is 2.54. The second-order valence-corrected chi connectivity index (χ2v) is 5.31. The van der Waals surface area contributed by atoms with E-state index in [1.54, 1.807) is 4.68 Å². The van der Waals surface area contributed by atoms with Crippen molar-refractivity contribution in [2.45, 2.75) is 0 Å². The van der Waals surface area contributed by atoms with Crippen molar-refractivity contribution >= 4 is 32.7 Å². The van der Waals surface area contributed by atoms with Crippen LogP contribution < -0.4 is 5.73 Å². The van der Waals surface area contributed by atoms with Crippen molar-refractivity contribution in [3.63, 3.8) is 0 Å². The zero-order valence-corrected chi connectivity index (χ0v) is 11.8. The number of hydrogen-bond acceptors (Lipinski definition) is 2. The summed E-state index contributed by atoms with van der Waals surface area (Å²) in [5, 5.41) is 5.61. The van der Waals surface area contributed by atoms with Gasteiger partial charge < -0.3 is 10.3 Å². The number of anilines is 1. The quantitative estimate of drug-likeness (QED) is 0.751. The highest BCUT2D eigenvalue weighted by Gasteiger charge is 2.12. The van der Waals surface area contributed by atoms with E-state index >= 15 is 0 Å². The van der Waals surface area contributed by atoms with E-state index in [9.17, 15) is 0 Å². The summed E-state index contributed by atoms with van der Waals surface area (Å²) < 4.78 is 4.85. The standard InChI is InChI=1S/C13H13BrN4/c1-17-7-10(11-6-13(15)18(2)16-11)9-5-8(14)3-4-12(9)17/h3-7H,15H2,1-2H3. The van der Waals surface area contributed by atoms with Crippen LogP contribution in [0.2, 0.25) is 0 Å². The highest BCUT2D eigenvalue weighted by Crippen LogP contribution is 2.31. The normalized spacial score (nSPS) is 11.3. The molecule has 0 spiro atoms. The van der Waals surface area contributed by atoms with Crippen molar-refractivity contribution in [1.82, 2.24) is 14.3 Å². The van der Waals surface area contributed by atoms with Crippen LogP contribution in [0.1, 0.15) is 0 Å². The fraction of sp³-hybridized carbons (Fsp3) is 0.154. The van der Waals surface area contributed by atoms with E-state index in [-0.39, 0.29) is 0 Å². The second kappa shape index (κ2) is 3.88. The molecule has 1 aromatic carbocycles. The summed E-state index contributed by atoms with van der Waals surface area (Å²) in [7, 11) is 3.88. The lowest BCUT2D eigenvalue weighted by Crippen LogP contribution is -1.96. The molecule has 3 rings (SSSR count). The van der Waals surface area contributed by atoms with Gasteiger partial charge in [0.1, 0.15) is 5.82 Å². The van der Waals surface area contributed by atoms with E-state index in [2.05, 4.69) is 43.9 Å². The molecule has 0 radical (unpaired) electrons. The van der Waals surface area contributed by atoms with E-state index in [1.807, 2.05) is 26.2 Å². The number of halogens is 1. The summed E-state index contributed by atoms with van der Waals surface area (Å²) in [6.07, 6.45) is 2.08. The van der Waals surface area contributed by atoms with Crippen molar-refractivity contribution in [2.24, 2.45) is 14.1 Å². The Hall–Kier alpha value is -1.75. The molecule has 5 heteroatoms. The van der Waals surface area contributed by atoms with E-state index < -0.39 is 0 Å². The average molecular weight is 305 g/mol. The zero-order chi connectivity index (χ0) is 12.9. The third-order valence-electron chi connectivity index (χ3n) is 3.14. The Morgan fingerprint density at radius 1 is 1.22 bits per heavy atom. The molecule has 0 fully saturated rings. The lowest BCUT2D eigenvalue weighted by atomic mass is 10.1. The molecule has 3 aromatic rings. The Labute approximate surface area is 113 Å². The molecule has 2 aromatic heterocycles. The zero-order valence-electron chi connectivity index (χ0n) is 10.2. The van der Waals surface area contributed by atoms with Crippen LogP contribution in [0.5, 0.6) is 0 Å². The van der Waals surface area contributed by atoms with Crippen LogP contribution in [0.25, 0.3) is 22.2 Å². The molecule has 2 N–H and O–H groups in total. The first-order valence-corrected chi connectivity index (χ1v) is 6.40. The molecule has 4 nitrogen and oxygen atoms in total. The van der Waals surface area contributed by atoms with Crippen LogP contribution in [0, 0.1) is 0 Å². The maximum Gasteiger partial charge on any atom is 0.121 e. The summed E-state index contributed by atoms with van der Waals surface area (Å²) in [6.45, 7) is 0. The Balaban J connectivity index is 2.32. The van der Waals surface area contributed by atoms with Gasteiger partial charge in [0.05, 0.1) is 5.69 Å². The Bertz CT molecular complexity index is 719. The summed E-state index contributed by atoms with van der Waals surface area (Å²) in [5.74, 6) is 0.664. The molecule has 0 aliphatic heterocycles. The maximum atomic E-state index is 5.84. The molecule has 0 atom stereocenters. The molecule has 0 saturated heterocycles. The van der Waals surface area contributed by atoms with Crippen LogP contribution in [0.4, 0.5) is 5.82 Å². The molecular weight excluding hydrogens is 292 g/mol. The third kappa shape index (κ3) is 1.62. The van der Waals surface area contributed by atoms with Crippen molar-refractivity contribution in [3.8, 4) is 11.3 Å². The van der Waals surface area contributed by atoms with Gasteiger partial charge in [0.15, 0.2) is 0 Å². The van der Waals surface area contributed by atoms with Crippen molar-refractivity contribution in [1.29, 1.82) is 0 Å². The predicted molar refractivity (Wildman–Crippen MR) is 77.2 cm³/mol. The predicted octanol–water partition coefficient (Wildman–Crippen LogP) is 2.92. The van der Waals surface area contributed by atoms with Gasteiger partial charge in [-0.15, -0.1) is 0 Å². The Morgan fingerprint density at radius 2 is 2.00 bits per heavy atom. The van der Waals surface area contributed by atoms with Gasteiger partial charge in [-0.05, 0) is 18.2 Å². The molecule has 0 aliphatic carbocycles. The highest BCUT2D eigenvalue weighted by molar-refractivity contribution is 9.10. The molecule has 0 saturated carbocycles. The second-order valence-electron chi connectivity index (χ2n) is 4.39. The average Bonchev–Trinajstić information content (AvgIpc) is 2.81. The largest absolute Gasteiger partial charge is 0.384 e. The molecule has 92 valence electrons. The Kier molecular flexibility index (Phi) is 2.45. The fourth-order valence-electron chi connectivity index (χ4n) is 2.18. The smallest absolute Gasteiger partial charge is 0.121 e. The van der Waals surface area contributed by atoms with E-state index in [0.29, 0.717) is 5.82 Å². The van der Waals surface area contributed by atoms with E-state index in [1.165, 1.54) is 10.9 Å². The summed E-state index contributed by atoms with van der Waals surface area (Å²) in [6, 6.07) is 8.14. The lowest BCUT2D eigenvalue weighted by Gasteiger charge is -1.96. The first-order valence-electron chi connectivity index (χ1n) is 5.61. The van der Waals surface area contributed by atoms with Crippen LogP contribution >= 0.6 is 15.9 Å². The van der Waals surface area contributed by atoms with Crippen LogP contribution in [-0.4, -0.2) is 14.3 Å². The van der Waals surface area contributed by atoms with Crippen molar-refractivity contribution in [2.75, 3.05) is 5.73 Å². The van der Waals surface area contributed by atoms with Gasteiger partial charge in [-0.1, -0.05) is 15.9 Å². The van der Waals surface area contributed by atoms with Gasteiger partial charge in [0.25, 0.3) is 0 Å². The van der Waals surface area contributed by atoms with Crippen LogP contribution in [0.15, 0.2) is 34.9 Å². The molecule has 18 heavy (non-hydrogen) atoms. The first kappa shape index (κ1) is 11.3. The van der Waals surface area contributed by atoms with Gasteiger partial charge in [-0.2, -0.15) is 5.10 Å². The summed E-state index contributed by atoms with van der Waals surface area (Å²) >= 11 is 3.51. The number of nitrogens with zero attached hydrogens (tertiary/aromatic N) is 3. The number of benzene rings is 1. The lowest BCUT2D eigenvalue weighted by molar-refractivity contribution is 0.782. The third-order valence-corrected chi connectivity index (χ3v) is 3.64. The number of nitrogens with two attached hydrogens (primary N) is 1. The number of aryl methyl sites for hydroxylation is 2. The molecular formula is C13H13BrN4. The molecule has 2 heterocycles. The summed E-state index contributed by atoms with van der Waals surface area (Å²) in [4.78, 5) is 0. The first-order chi connectivity index (χ1) is 8.56. The summed E-state index contributed by atoms with van der Waals surface area (Å²) in [5.41, 5.74) is 9.02. The number of aromatic nitrogens is 3. The van der Waals surface area contributed by atoms with Crippen LogP contribution in [0.3, 0.4) is 0 Å². The highest BCUT2D eigenvalue weighted by atomic mass is 79.9. The minimum Gasteiger partial charge on any atom is -0.384 e. The number of fused-ring (bicyclic) bond motifs is 1. The number of hydrogen-bond donors (Lipinski definition) is 1. The van der Waals surface area contributed by atoms with Crippen LogP contribution in [-0.2, 0) is 14.1 Å². The molecule has 0 unspecified atom stereocenters. The molecule has 0 aliphatic rings. The number of nitrogen functional groups attached to an aromatic ring is 1. The van der Waals surface area contributed by atoms with E-state index in [0.717, 1.165) is 15.7 Å². The SMILES string of the molecule is Cn1nc(-c2cn(C)c3ccc(Br)cc23)cc1N. The van der Waals surface area contributed by atoms with Crippen molar-refractivity contribution < 1.29 is 0 Å².